The van der Waals surface area contributed by atoms with E-state index in [0.29, 0.717) is 0 Å². The van der Waals surface area contributed by atoms with Gasteiger partial charge in [0.15, 0.2) is 0 Å². The second-order valence-corrected chi connectivity index (χ2v) is 2.85. The Bertz CT molecular complexity index is 228. The van der Waals surface area contributed by atoms with E-state index in [1.54, 1.807) is 7.05 Å². The van der Waals surface area contributed by atoms with Crippen LogP contribution in [0.2, 0.25) is 0 Å². The summed E-state index contributed by atoms with van der Waals surface area (Å²) in [7, 11) is 1.72. The van der Waals surface area contributed by atoms with Crippen molar-refractivity contribution in [2.45, 2.75) is 19.1 Å². The molecule has 0 fully saturated rings. The molecule has 1 N–H and O–H groups in total. The fraction of sp³-hybridized carbons (Fsp3) is 0.400. The average molecular weight is 171 g/mol. The normalized spacial score (nSPS) is 14.4. The van der Waals surface area contributed by atoms with Gasteiger partial charge in [-0.3, -0.25) is 0 Å². The second-order valence-electron chi connectivity index (χ2n) is 2.85. The predicted molar refractivity (Wildman–Crippen MR) is 50.1 cm³/mol. The van der Waals surface area contributed by atoms with Gasteiger partial charge in [-0.05, 0) is 5.56 Å². The molecule has 1 rings (SSSR count). The molecule has 2 nitrogen and oxygen atoms in total. The van der Waals surface area contributed by atoms with Crippen LogP contribution in [0.15, 0.2) is 30.3 Å². The first-order valence-electron chi connectivity index (χ1n) is 4.07. The number of rotatable bonds is 3. The van der Waals surface area contributed by atoms with E-state index >= 15 is 0 Å². The standard InChI is InChI=1S/C10H14NO.Li/c1-8(11-2)10(12)9-6-4-3-5-7-9;/h3-8,10,12H,1-2H3;/q-1;+1/t8-,10+;/m0./s1. The molecule has 0 spiro atoms. The molecular formula is C10H14LiNO. The Hall–Kier alpha value is -0.263. The summed E-state index contributed by atoms with van der Waals surface area (Å²) in [6.45, 7) is 1.90. The van der Waals surface area contributed by atoms with E-state index in [4.69, 9.17) is 0 Å². The van der Waals surface area contributed by atoms with Gasteiger partial charge in [0.05, 0.1) is 6.10 Å². The number of hydrogen-bond acceptors (Lipinski definition) is 1. The molecule has 0 aliphatic heterocycles. The van der Waals surface area contributed by atoms with Crippen LogP contribution in [0.5, 0.6) is 0 Å². The summed E-state index contributed by atoms with van der Waals surface area (Å²) in [5.74, 6) is 0. The average Bonchev–Trinajstić information content (AvgIpc) is 2.17. The number of hydrogen-bond donors (Lipinski definition) is 1. The van der Waals surface area contributed by atoms with Gasteiger partial charge in [0.1, 0.15) is 0 Å². The zero-order chi connectivity index (χ0) is 8.97. The zero-order valence-electron chi connectivity index (χ0n) is 8.44. The minimum absolute atomic E-state index is 0. The van der Waals surface area contributed by atoms with Crippen molar-refractivity contribution in [1.29, 1.82) is 0 Å². The maximum atomic E-state index is 9.70. The molecule has 2 atom stereocenters. The molecular weight excluding hydrogens is 157 g/mol. The van der Waals surface area contributed by atoms with Crippen LogP contribution in [0.3, 0.4) is 0 Å². The van der Waals surface area contributed by atoms with Gasteiger partial charge >= 0.3 is 18.9 Å². The maximum Gasteiger partial charge on any atom is 1.00 e. The molecule has 0 saturated carbocycles. The molecule has 0 bridgehead atoms. The van der Waals surface area contributed by atoms with Crippen LogP contribution in [-0.4, -0.2) is 18.2 Å². The number of benzene rings is 1. The molecule has 0 aliphatic carbocycles. The van der Waals surface area contributed by atoms with E-state index in [1.807, 2.05) is 37.3 Å². The van der Waals surface area contributed by atoms with Crippen LogP contribution in [0, 0.1) is 0 Å². The van der Waals surface area contributed by atoms with Crippen LogP contribution in [0.25, 0.3) is 5.32 Å². The maximum absolute atomic E-state index is 9.70. The van der Waals surface area contributed by atoms with Crippen molar-refractivity contribution in [2.24, 2.45) is 0 Å². The molecule has 13 heavy (non-hydrogen) atoms. The Morgan fingerprint density at radius 1 is 1.23 bits per heavy atom. The molecule has 0 saturated heterocycles. The molecule has 0 amide bonds. The fourth-order valence-electron chi connectivity index (χ4n) is 1.07. The molecule has 1 aromatic carbocycles. The minimum atomic E-state index is -0.476. The molecule has 1 aromatic rings. The van der Waals surface area contributed by atoms with Crippen LogP contribution >= 0.6 is 0 Å². The number of nitrogens with zero attached hydrogens (tertiary/aromatic N) is 1. The monoisotopic (exact) mass is 171 g/mol. The van der Waals surface area contributed by atoms with E-state index in [0.717, 1.165) is 5.56 Å². The van der Waals surface area contributed by atoms with Crippen LogP contribution < -0.4 is 18.9 Å². The van der Waals surface area contributed by atoms with Crippen molar-refractivity contribution in [2.75, 3.05) is 7.05 Å². The van der Waals surface area contributed by atoms with E-state index in [1.165, 1.54) is 0 Å². The first kappa shape index (κ1) is 12.7. The summed E-state index contributed by atoms with van der Waals surface area (Å²) >= 11 is 0. The molecule has 66 valence electrons. The number of aliphatic hydroxyl groups is 1. The van der Waals surface area contributed by atoms with Gasteiger partial charge in [-0.2, -0.15) is 7.05 Å². The molecule has 0 aliphatic rings. The molecule has 0 aromatic heterocycles. The summed E-state index contributed by atoms with van der Waals surface area (Å²) in [4.78, 5) is 0. The Kier molecular flexibility index (Phi) is 6.10. The minimum Gasteiger partial charge on any atom is -0.660 e. The first-order chi connectivity index (χ1) is 5.75. The van der Waals surface area contributed by atoms with Gasteiger partial charge in [0, 0.05) is 0 Å². The van der Waals surface area contributed by atoms with Gasteiger partial charge in [-0.25, -0.2) is 0 Å². The summed E-state index contributed by atoms with van der Waals surface area (Å²) < 4.78 is 0. The fourth-order valence-corrected chi connectivity index (χ4v) is 1.07. The summed E-state index contributed by atoms with van der Waals surface area (Å²) in [6, 6.07) is 9.55. The van der Waals surface area contributed by atoms with Crippen molar-refractivity contribution >= 4 is 0 Å². The molecule has 0 radical (unpaired) electrons. The van der Waals surface area contributed by atoms with Crippen molar-refractivity contribution in [3.05, 3.63) is 41.2 Å². The summed E-state index contributed by atoms with van der Waals surface area (Å²) in [5.41, 5.74) is 0.926. The van der Waals surface area contributed by atoms with Gasteiger partial charge in [0.25, 0.3) is 0 Å². The van der Waals surface area contributed by atoms with Gasteiger partial charge in [0.2, 0.25) is 0 Å². The topological polar surface area (TPSA) is 34.3 Å². The zero-order valence-corrected chi connectivity index (χ0v) is 8.44. The first-order valence-corrected chi connectivity index (χ1v) is 4.07. The molecule has 0 unspecified atom stereocenters. The Labute approximate surface area is 91.5 Å². The summed E-state index contributed by atoms with van der Waals surface area (Å²) in [5, 5.41) is 13.7. The molecule has 0 heterocycles. The van der Waals surface area contributed by atoms with Crippen LogP contribution in [0.4, 0.5) is 0 Å². The largest absolute Gasteiger partial charge is 1.00 e. The van der Waals surface area contributed by atoms with Crippen LogP contribution in [-0.2, 0) is 0 Å². The third-order valence-corrected chi connectivity index (χ3v) is 2.01. The SMILES string of the molecule is C[N-][C@@H](C)[C@@H](O)c1ccccc1.[Li+]. The third kappa shape index (κ3) is 3.54. The van der Waals surface area contributed by atoms with Crippen molar-refractivity contribution in [3.8, 4) is 0 Å². The van der Waals surface area contributed by atoms with Crippen molar-refractivity contribution in [1.82, 2.24) is 0 Å². The summed E-state index contributed by atoms with van der Waals surface area (Å²) in [6.07, 6.45) is -0.476. The quantitative estimate of drug-likeness (QED) is 0.588. The Morgan fingerprint density at radius 3 is 2.23 bits per heavy atom. The van der Waals surface area contributed by atoms with E-state index in [2.05, 4.69) is 5.32 Å². The Morgan fingerprint density at radius 2 is 1.77 bits per heavy atom. The third-order valence-electron chi connectivity index (χ3n) is 2.01. The van der Waals surface area contributed by atoms with Gasteiger partial charge in [-0.15, -0.1) is 6.04 Å². The van der Waals surface area contributed by atoms with E-state index in [-0.39, 0.29) is 24.9 Å². The number of likely N-dealkylation sites (N-methyl/N-ethyl adjacent to an activating group) is 1. The van der Waals surface area contributed by atoms with Crippen LogP contribution in [0.1, 0.15) is 18.6 Å². The number of aliphatic hydroxyl groups excluding tert-OH is 1. The second kappa shape index (κ2) is 6.23. The van der Waals surface area contributed by atoms with Gasteiger partial charge < -0.3 is 10.4 Å². The van der Waals surface area contributed by atoms with Gasteiger partial charge in [-0.1, -0.05) is 37.3 Å². The van der Waals surface area contributed by atoms with Crippen molar-refractivity contribution in [3.63, 3.8) is 0 Å². The van der Waals surface area contributed by atoms with E-state index in [9.17, 15) is 5.11 Å². The van der Waals surface area contributed by atoms with E-state index < -0.39 is 6.10 Å². The Balaban J connectivity index is 0.00000144. The smallest absolute Gasteiger partial charge is 0.660 e. The molecule has 3 heteroatoms. The predicted octanol–water partition coefficient (Wildman–Crippen LogP) is -0.884. The van der Waals surface area contributed by atoms with Crippen molar-refractivity contribution < 1.29 is 24.0 Å².